The molecule has 2 heteroatoms. The third kappa shape index (κ3) is 1.32. The normalized spacial score (nSPS) is 9.67. The van der Waals surface area contributed by atoms with Crippen molar-refractivity contribution < 1.29 is 4.98 Å². The van der Waals surface area contributed by atoms with E-state index in [-0.39, 0.29) is 0 Å². The van der Waals surface area contributed by atoms with E-state index in [1.807, 2.05) is 42.6 Å². The summed E-state index contributed by atoms with van der Waals surface area (Å²) < 4.78 is 0. The first kappa shape index (κ1) is 6.98. The number of aromatic nitrogens is 2. The molecule has 58 valence electrons. The fraction of sp³-hybridized carbons (Fsp3) is 0. The van der Waals surface area contributed by atoms with Gasteiger partial charge in [-0.05, 0) is 18.2 Å². The molecule has 0 atom stereocenters. The summed E-state index contributed by atoms with van der Waals surface area (Å²) in [5.41, 5.74) is 2.01. The number of pyridine rings is 2. The standard InChI is InChI=1S/C10H8N2/c1-3-7-11-9(5-1)10-6-2-4-8-12-10/h1-8H/p+1. The van der Waals surface area contributed by atoms with Crippen molar-refractivity contribution in [3.63, 3.8) is 0 Å². The second kappa shape index (κ2) is 3.13. The Kier molecular flexibility index (Phi) is 1.82. The summed E-state index contributed by atoms with van der Waals surface area (Å²) >= 11 is 0. The molecule has 0 aromatic carbocycles. The second-order valence-corrected chi connectivity index (χ2v) is 2.49. The molecule has 0 aliphatic rings. The summed E-state index contributed by atoms with van der Waals surface area (Å²) in [5.74, 6) is 0. The molecule has 0 radical (unpaired) electrons. The Balaban J connectivity index is 2.46. The van der Waals surface area contributed by atoms with Gasteiger partial charge in [0.25, 0.3) is 0 Å². The van der Waals surface area contributed by atoms with Crippen molar-refractivity contribution in [2.45, 2.75) is 0 Å². The van der Waals surface area contributed by atoms with E-state index in [4.69, 9.17) is 0 Å². The molecule has 0 aliphatic heterocycles. The fourth-order valence-corrected chi connectivity index (χ4v) is 1.07. The molecule has 0 bridgehead atoms. The van der Waals surface area contributed by atoms with Crippen molar-refractivity contribution >= 4 is 0 Å². The maximum atomic E-state index is 4.22. The molecular formula is C10H9N2+. The van der Waals surface area contributed by atoms with Crippen LogP contribution in [0.3, 0.4) is 0 Å². The van der Waals surface area contributed by atoms with Gasteiger partial charge in [-0.2, -0.15) is 0 Å². The Morgan fingerprint density at radius 2 is 1.92 bits per heavy atom. The van der Waals surface area contributed by atoms with Gasteiger partial charge in [-0.3, -0.25) is 0 Å². The van der Waals surface area contributed by atoms with Gasteiger partial charge in [0.15, 0.2) is 6.20 Å². The van der Waals surface area contributed by atoms with Gasteiger partial charge in [0.05, 0.1) is 0 Å². The Morgan fingerprint density at radius 1 is 1.00 bits per heavy atom. The molecule has 0 fully saturated rings. The van der Waals surface area contributed by atoms with Gasteiger partial charge in [-0.25, -0.2) is 9.97 Å². The molecule has 2 nitrogen and oxygen atoms in total. The summed E-state index contributed by atoms with van der Waals surface area (Å²) in [7, 11) is 0. The van der Waals surface area contributed by atoms with Crippen molar-refractivity contribution in [1.82, 2.24) is 4.98 Å². The number of hydrogen-bond acceptors (Lipinski definition) is 1. The van der Waals surface area contributed by atoms with Crippen LogP contribution in [0.1, 0.15) is 0 Å². The van der Waals surface area contributed by atoms with E-state index in [1.54, 1.807) is 6.20 Å². The summed E-state index contributed by atoms with van der Waals surface area (Å²) in [5, 5.41) is 0. The minimum Gasteiger partial charge on any atom is -0.250 e. The van der Waals surface area contributed by atoms with Crippen molar-refractivity contribution in [3.05, 3.63) is 48.8 Å². The van der Waals surface area contributed by atoms with Crippen LogP contribution in [0.15, 0.2) is 48.8 Å². The number of H-pyrrole nitrogens is 1. The van der Waals surface area contributed by atoms with Gasteiger partial charge in [0.1, 0.15) is 5.69 Å². The van der Waals surface area contributed by atoms with Crippen molar-refractivity contribution in [1.29, 1.82) is 0 Å². The van der Waals surface area contributed by atoms with Crippen molar-refractivity contribution in [2.75, 3.05) is 0 Å². The Labute approximate surface area is 70.9 Å². The van der Waals surface area contributed by atoms with E-state index in [0.29, 0.717) is 0 Å². The summed E-state index contributed by atoms with van der Waals surface area (Å²) in [4.78, 5) is 7.34. The van der Waals surface area contributed by atoms with Gasteiger partial charge in [0, 0.05) is 18.3 Å². The van der Waals surface area contributed by atoms with Gasteiger partial charge < -0.3 is 0 Å². The average Bonchev–Trinajstić information content (AvgIpc) is 2.21. The maximum absolute atomic E-state index is 4.22. The number of hydrogen-bond donors (Lipinski definition) is 0. The predicted octanol–water partition coefficient (Wildman–Crippen LogP) is 1.56. The fourth-order valence-electron chi connectivity index (χ4n) is 1.07. The highest BCUT2D eigenvalue weighted by molar-refractivity contribution is 5.48. The lowest BCUT2D eigenvalue weighted by molar-refractivity contribution is -0.364. The highest BCUT2D eigenvalue weighted by Gasteiger charge is 2.01. The van der Waals surface area contributed by atoms with E-state index in [0.717, 1.165) is 11.4 Å². The SMILES string of the molecule is c1ccc(-c2cccc[nH+]2)nc1. The molecule has 12 heavy (non-hydrogen) atoms. The molecule has 1 N–H and O–H groups in total. The van der Waals surface area contributed by atoms with E-state index in [1.165, 1.54) is 0 Å². The quantitative estimate of drug-likeness (QED) is 0.617. The minimum absolute atomic E-state index is 0.970. The predicted molar refractivity (Wildman–Crippen MR) is 46.2 cm³/mol. The Hall–Kier alpha value is -1.70. The molecule has 2 heterocycles. The first-order valence-corrected chi connectivity index (χ1v) is 3.85. The molecule has 2 aromatic heterocycles. The second-order valence-electron chi connectivity index (χ2n) is 2.49. The Morgan fingerprint density at radius 3 is 2.58 bits per heavy atom. The smallest absolute Gasteiger partial charge is 0.229 e. The van der Waals surface area contributed by atoms with Crippen LogP contribution in [0.4, 0.5) is 0 Å². The molecule has 0 amide bonds. The summed E-state index contributed by atoms with van der Waals surface area (Å²) in [6.07, 6.45) is 3.68. The third-order valence-corrected chi connectivity index (χ3v) is 1.65. The lowest BCUT2D eigenvalue weighted by Crippen LogP contribution is -2.04. The number of rotatable bonds is 1. The zero-order chi connectivity index (χ0) is 8.23. The van der Waals surface area contributed by atoms with Crippen LogP contribution < -0.4 is 4.98 Å². The molecule has 0 saturated carbocycles. The van der Waals surface area contributed by atoms with Crippen LogP contribution in [0.5, 0.6) is 0 Å². The van der Waals surface area contributed by atoms with Crippen LogP contribution in [0.25, 0.3) is 11.4 Å². The summed E-state index contributed by atoms with van der Waals surface area (Å²) in [6.45, 7) is 0. The monoisotopic (exact) mass is 157 g/mol. The lowest BCUT2D eigenvalue weighted by atomic mass is 10.2. The Bertz CT molecular complexity index is 305. The zero-order valence-corrected chi connectivity index (χ0v) is 6.57. The highest BCUT2D eigenvalue weighted by Crippen LogP contribution is 2.07. The average molecular weight is 157 g/mol. The van der Waals surface area contributed by atoms with E-state index >= 15 is 0 Å². The van der Waals surface area contributed by atoms with Gasteiger partial charge in [-0.15, -0.1) is 0 Å². The number of nitrogens with one attached hydrogen (secondary N) is 1. The number of aromatic amines is 1. The molecule has 0 saturated heterocycles. The zero-order valence-electron chi connectivity index (χ0n) is 6.57. The van der Waals surface area contributed by atoms with Crippen LogP contribution in [-0.2, 0) is 0 Å². The van der Waals surface area contributed by atoms with Crippen LogP contribution >= 0.6 is 0 Å². The summed E-state index contributed by atoms with van der Waals surface area (Å²) in [6, 6.07) is 11.8. The van der Waals surface area contributed by atoms with Gasteiger partial charge >= 0.3 is 0 Å². The van der Waals surface area contributed by atoms with Crippen LogP contribution in [-0.4, -0.2) is 4.98 Å². The first-order chi connectivity index (χ1) is 5.97. The minimum atomic E-state index is 0.970. The lowest BCUT2D eigenvalue weighted by Gasteiger charge is -1.90. The molecule has 0 aliphatic carbocycles. The van der Waals surface area contributed by atoms with E-state index < -0.39 is 0 Å². The van der Waals surface area contributed by atoms with Gasteiger partial charge in [0.2, 0.25) is 5.69 Å². The molecule has 0 spiro atoms. The van der Waals surface area contributed by atoms with Crippen LogP contribution in [0, 0.1) is 0 Å². The maximum Gasteiger partial charge on any atom is 0.229 e. The van der Waals surface area contributed by atoms with Crippen LogP contribution in [0.2, 0.25) is 0 Å². The number of nitrogens with zero attached hydrogens (tertiary/aromatic N) is 1. The topological polar surface area (TPSA) is 27.0 Å². The first-order valence-electron chi connectivity index (χ1n) is 3.85. The van der Waals surface area contributed by atoms with Crippen molar-refractivity contribution in [2.24, 2.45) is 0 Å². The van der Waals surface area contributed by atoms with Gasteiger partial charge in [-0.1, -0.05) is 6.07 Å². The van der Waals surface area contributed by atoms with Crippen molar-refractivity contribution in [3.8, 4) is 11.4 Å². The molecular weight excluding hydrogens is 148 g/mol. The molecule has 2 rings (SSSR count). The largest absolute Gasteiger partial charge is 0.250 e. The molecule has 2 aromatic rings. The molecule has 0 unspecified atom stereocenters. The van der Waals surface area contributed by atoms with E-state index in [2.05, 4.69) is 9.97 Å². The van der Waals surface area contributed by atoms with E-state index in [9.17, 15) is 0 Å². The highest BCUT2D eigenvalue weighted by atomic mass is 14.7. The third-order valence-electron chi connectivity index (χ3n) is 1.65.